The van der Waals surface area contributed by atoms with E-state index in [1.165, 1.54) is 25.7 Å². The number of carbonyl (C=O) groups excluding carboxylic acids is 2. The molecule has 0 unspecified atom stereocenters. The first-order chi connectivity index (χ1) is 17.7. The third-order valence-corrected chi connectivity index (χ3v) is 7.94. The Bertz CT molecular complexity index is 1310. The lowest BCUT2D eigenvalue weighted by molar-refractivity contribution is 0.0948. The van der Waals surface area contributed by atoms with Crippen molar-refractivity contribution in [1.29, 1.82) is 0 Å². The number of carbonyl (C=O) groups is 2. The molecule has 0 radical (unpaired) electrons. The minimum Gasteiger partial charge on any atom is -0.351 e. The van der Waals surface area contributed by atoms with E-state index in [4.69, 9.17) is 0 Å². The monoisotopic (exact) mass is 482 g/mol. The van der Waals surface area contributed by atoms with E-state index < -0.39 is 0 Å². The minimum absolute atomic E-state index is 0.0277. The highest BCUT2D eigenvalue weighted by atomic mass is 16.1. The minimum atomic E-state index is -0.0277. The van der Waals surface area contributed by atoms with Gasteiger partial charge >= 0.3 is 0 Å². The molecule has 36 heavy (non-hydrogen) atoms. The summed E-state index contributed by atoms with van der Waals surface area (Å²) in [6, 6.07) is 16.2. The summed E-state index contributed by atoms with van der Waals surface area (Å²) in [6.07, 6.45) is 5.00. The van der Waals surface area contributed by atoms with Crippen LogP contribution in [0.3, 0.4) is 0 Å². The summed E-state index contributed by atoms with van der Waals surface area (Å²) >= 11 is 0. The van der Waals surface area contributed by atoms with Gasteiger partial charge in [-0.25, -0.2) is 0 Å². The van der Waals surface area contributed by atoms with Crippen LogP contribution >= 0.6 is 0 Å². The van der Waals surface area contributed by atoms with Crippen molar-refractivity contribution in [3.8, 4) is 22.3 Å². The second kappa shape index (κ2) is 10.1. The zero-order valence-electron chi connectivity index (χ0n) is 20.8. The van der Waals surface area contributed by atoms with Gasteiger partial charge in [-0.3, -0.25) is 19.8 Å². The Labute approximate surface area is 212 Å². The summed E-state index contributed by atoms with van der Waals surface area (Å²) in [7, 11) is 0. The molecule has 0 aromatic heterocycles. The second-order valence-electron chi connectivity index (χ2n) is 10.3. The molecule has 0 spiro atoms. The number of ketones is 1. The van der Waals surface area contributed by atoms with Crippen molar-refractivity contribution in [2.45, 2.75) is 25.7 Å². The molecule has 6 rings (SSSR count). The molecule has 1 aliphatic carbocycles. The van der Waals surface area contributed by atoms with Crippen LogP contribution in [-0.2, 0) is 0 Å². The van der Waals surface area contributed by atoms with Gasteiger partial charge in [0.05, 0.1) is 6.54 Å². The standard InChI is InChI=1S/C30H34N4O2/c35-28(19-31-20-34-15-3-4-16-34)23-10-11-26-27-18-21(30(36)32-12-17-33-13-1-2-14-33)8-9-22(27)24-6-5-7-25(23)29(24)26/h5-11,18,31H,1-4,12-17,19-20H2,(H,32,36). The molecule has 2 saturated heterocycles. The zero-order valence-corrected chi connectivity index (χ0v) is 20.8. The Hall–Kier alpha value is -3.06. The Balaban J connectivity index is 1.20. The third-order valence-electron chi connectivity index (χ3n) is 7.94. The van der Waals surface area contributed by atoms with E-state index in [9.17, 15) is 9.59 Å². The average molecular weight is 483 g/mol. The van der Waals surface area contributed by atoms with Gasteiger partial charge in [-0.15, -0.1) is 0 Å². The Morgan fingerprint density at radius 2 is 1.50 bits per heavy atom. The first-order valence-electron chi connectivity index (χ1n) is 13.4. The van der Waals surface area contributed by atoms with Crippen LogP contribution in [0.2, 0.25) is 0 Å². The van der Waals surface area contributed by atoms with E-state index in [2.05, 4.69) is 38.6 Å². The highest BCUT2D eigenvalue weighted by Gasteiger charge is 2.25. The normalized spacial score (nSPS) is 17.1. The van der Waals surface area contributed by atoms with Crippen LogP contribution < -0.4 is 10.6 Å². The van der Waals surface area contributed by atoms with E-state index in [-0.39, 0.29) is 11.7 Å². The van der Waals surface area contributed by atoms with Gasteiger partial charge < -0.3 is 10.2 Å². The summed E-state index contributed by atoms with van der Waals surface area (Å²) in [6.45, 7) is 7.17. The molecule has 6 nitrogen and oxygen atoms in total. The summed E-state index contributed by atoms with van der Waals surface area (Å²) in [4.78, 5) is 30.8. The Morgan fingerprint density at radius 1 is 0.778 bits per heavy atom. The molecule has 6 heteroatoms. The highest BCUT2D eigenvalue weighted by molar-refractivity contribution is 6.21. The van der Waals surface area contributed by atoms with Crippen LogP contribution in [0, 0.1) is 0 Å². The summed E-state index contributed by atoms with van der Waals surface area (Å²) < 4.78 is 0. The van der Waals surface area contributed by atoms with E-state index in [1.807, 2.05) is 30.3 Å². The van der Waals surface area contributed by atoms with E-state index in [0.29, 0.717) is 18.7 Å². The molecule has 2 N–H and O–H groups in total. The lowest BCUT2D eigenvalue weighted by Crippen LogP contribution is -2.35. The van der Waals surface area contributed by atoms with Crippen molar-refractivity contribution >= 4 is 22.5 Å². The van der Waals surface area contributed by atoms with Crippen molar-refractivity contribution in [2.75, 3.05) is 52.5 Å². The van der Waals surface area contributed by atoms with E-state index >= 15 is 0 Å². The SMILES string of the molecule is O=C(NCCN1CCCC1)c1ccc2c(c1)-c1ccc(C(=O)CNCN3CCCC3)c3cccc-2c13. The maximum atomic E-state index is 13.2. The fourth-order valence-corrected chi connectivity index (χ4v) is 6.04. The van der Waals surface area contributed by atoms with Crippen molar-refractivity contribution in [2.24, 2.45) is 0 Å². The number of rotatable bonds is 9. The maximum Gasteiger partial charge on any atom is 0.251 e. The fourth-order valence-electron chi connectivity index (χ4n) is 6.04. The summed E-state index contributed by atoms with van der Waals surface area (Å²) in [5.41, 5.74) is 5.88. The number of Topliss-reactive ketones (excluding diaryl/α,β-unsaturated/α-hetero) is 1. The van der Waals surface area contributed by atoms with Gasteiger partial charge in [-0.1, -0.05) is 36.4 Å². The molecule has 0 saturated carbocycles. The molecule has 0 atom stereocenters. The van der Waals surface area contributed by atoms with E-state index in [1.54, 1.807) is 0 Å². The Kier molecular flexibility index (Phi) is 6.57. The molecular formula is C30H34N4O2. The number of fused-ring (bicyclic) bond motifs is 3. The van der Waals surface area contributed by atoms with Gasteiger partial charge in [0.1, 0.15) is 0 Å². The number of benzene rings is 3. The van der Waals surface area contributed by atoms with E-state index in [0.717, 1.165) is 78.0 Å². The lowest BCUT2D eigenvalue weighted by atomic mass is 9.96. The lowest BCUT2D eigenvalue weighted by Gasteiger charge is -2.15. The molecule has 1 amide bonds. The first-order valence-corrected chi connectivity index (χ1v) is 13.4. The van der Waals surface area contributed by atoms with Gasteiger partial charge in [0.2, 0.25) is 0 Å². The summed E-state index contributed by atoms with van der Waals surface area (Å²) in [5, 5.41) is 8.53. The van der Waals surface area contributed by atoms with Gasteiger partial charge in [0, 0.05) is 30.9 Å². The topological polar surface area (TPSA) is 64.7 Å². The number of hydrogen-bond acceptors (Lipinski definition) is 5. The molecule has 2 aliphatic heterocycles. The number of nitrogens with zero attached hydrogens (tertiary/aromatic N) is 2. The van der Waals surface area contributed by atoms with Crippen molar-refractivity contribution < 1.29 is 9.59 Å². The number of nitrogens with one attached hydrogen (secondary N) is 2. The number of amides is 1. The van der Waals surface area contributed by atoms with Gasteiger partial charge in [0.25, 0.3) is 5.91 Å². The van der Waals surface area contributed by atoms with Crippen LogP contribution in [0.25, 0.3) is 33.0 Å². The van der Waals surface area contributed by atoms with Gasteiger partial charge in [-0.2, -0.15) is 0 Å². The van der Waals surface area contributed by atoms with Crippen molar-refractivity contribution in [3.63, 3.8) is 0 Å². The molecule has 0 bridgehead atoms. The maximum absolute atomic E-state index is 13.2. The van der Waals surface area contributed by atoms with Crippen LogP contribution in [0.4, 0.5) is 0 Å². The van der Waals surface area contributed by atoms with Crippen molar-refractivity contribution in [1.82, 2.24) is 20.4 Å². The highest BCUT2D eigenvalue weighted by Crippen LogP contribution is 2.48. The van der Waals surface area contributed by atoms with Crippen LogP contribution in [0.15, 0.2) is 48.5 Å². The fraction of sp³-hybridized carbons (Fsp3) is 0.400. The average Bonchev–Trinajstić information content (AvgIpc) is 3.67. The van der Waals surface area contributed by atoms with Gasteiger partial charge in [-0.05, 0) is 97.0 Å². The smallest absolute Gasteiger partial charge is 0.251 e. The zero-order chi connectivity index (χ0) is 24.5. The summed E-state index contributed by atoms with van der Waals surface area (Å²) in [5.74, 6) is 0.0898. The predicted molar refractivity (Wildman–Crippen MR) is 144 cm³/mol. The Morgan fingerprint density at radius 3 is 2.31 bits per heavy atom. The van der Waals surface area contributed by atoms with Crippen molar-refractivity contribution in [3.05, 3.63) is 59.7 Å². The molecule has 186 valence electrons. The van der Waals surface area contributed by atoms with Crippen LogP contribution in [0.5, 0.6) is 0 Å². The van der Waals surface area contributed by atoms with Crippen LogP contribution in [-0.4, -0.2) is 74.0 Å². The molecule has 3 aliphatic rings. The molecular weight excluding hydrogens is 448 g/mol. The second-order valence-corrected chi connectivity index (χ2v) is 10.3. The largest absolute Gasteiger partial charge is 0.351 e. The quantitative estimate of drug-likeness (QED) is 0.351. The van der Waals surface area contributed by atoms with Crippen LogP contribution in [0.1, 0.15) is 46.4 Å². The molecule has 3 aromatic carbocycles. The predicted octanol–water partition coefficient (Wildman–Crippen LogP) is 4.14. The van der Waals surface area contributed by atoms with Gasteiger partial charge in [0.15, 0.2) is 5.78 Å². The third kappa shape index (κ3) is 4.45. The molecule has 3 aromatic rings. The number of likely N-dealkylation sites (tertiary alicyclic amines) is 2. The molecule has 2 fully saturated rings. The molecule has 2 heterocycles. The number of hydrogen-bond donors (Lipinski definition) is 2. The first kappa shape index (κ1) is 23.3.